The van der Waals surface area contributed by atoms with Crippen LogP contribution in [0, 0.1) is 13.8 Å². The normalized spacial score (nSPS) is 12.5. The van der Waals surface area contributed by atoms with E-state index in [1.54, 1.807) is 6.33 Å². The van der Waals surface area contributed by atoms with Crippen LogP contribution in [-0.4, -0.2) is 29.9 Å². The van der Waals surface area contributed by atoms with E-state index >= 15 is 0 Å². The van der Waals surface area contributed by atoms with Gasteiger partial charge in [-0.15, -0.1) is 15.3 Å². The Bertz CT molecular complexity index is 519. The van der Waals surface area contributed by atoms with Crippen LogP contribution in [0.3, 0.4) is 0 Å². The van der Waals surface area contributed by atoms with E-state index in [-0.39, 0.29) is 6.04 Å². The molecule has 7 nitrogen and oxygen atoms in total. The number of aromatic nitrogens is 6. The first kappa shape index (κ1) is 11.4. The molecular formula is C10H15N7. The average Bonchev–Trinajstić information content (AvgIpc) is 2.70. The van der Waals surface area contributed by atoms with E-state index in [1.807, 2.05) is 32.4 Å². The number of rotatable bonds is 3. The van der Waals surface area contributed by atoms with Crippen LogP contribution in [0.15, 0.2) is 6.33 Å². The standard InChI is InChI=1S/C10H15N7/c1-6-7(2)14-16-10(12-6)13-8(3)9-15-11-5-17(9)4/h5,8H,1-4H3,(H,12,13,16). The van der Waals surface area contributed by atoms with Crippen LogP contribution in [0.4, 0.5) is 5.95 Å². The second-order valence-corrected chi connectivity index (χ2v) is 3.97. The molecule has 0 aliphatic heterocycles. The van der Waals surface area contributed by atoms with Gasteiger partial charge in [-0.25, -0.2) is 4.98 Å². The van der Waals surface area contributed by atoms with Gasteiger partial charge < -0.3 is 9.88 Å². The lowest BCUT2D eigenvalue weighted by Crippen LogP contribution is -2.15. The van der Waals surface area contributed by atoms with Crippen molar-refractivity contribution in [1.29, 1.82) is 0 Å². The molecule has 1 unspecified atom stereocenters. The Morgan fingerprint density at radius 1 is 1.18 bits per heavy atom. The molecule has 0 saturated heterocycles. The zero-order valence-corrected chi connectivity index (χ0v) is 10.3. The summed E-state index contributed by atoms with van der Waals surface area (Å²) in [5, 5.41) is 19.0. The molecule has 0 bridgehead atoms. The maximum atomic E-state index is 4.31. The third-order valence-corrected chi connectivity index (χ3v) is 2.57. The van der Waals surface area contributed by atoms with Crippen LogP contribution in [0.25, 0.3) is 0 Å². The van der Waals surface area contributed by atoms with Gasteiger partial charge in [0.2, 0.25) is 5.95 Å². The number of nitrogens with one attached hydrogen (secondary N) is 1. The molecule has 7 heteroatoms. The van der Waals surface area contributed by atoms with Crippen LogP contribution < -0.4 is 5.32 Å². The Labute approximate surface area is 99.3 Å². The predicted molar refractivity (Wildman–Crippen MR) is 62.3 cm³/mol. The maximum Gasteiger partial charge on any atom is 0.243 e. The summed E-state index contributed by atoms with van der Waals surface area (Å²) in [6, 6.07) is -0.0218. The number of hydrogen-bond acceptors (Lipinski definition) is 6. The molecule has 0 fully saturated rings. The van der Waals surface area contributed by atoms with Crippen molar-refractivity contribution in [2.45, 2.75) is 26.8 Å². The molecule has 17 heavy (non-hydrogen) atoms. The van der Waals surface area contributed by atoms with Crippen LogP contribution in [0.2, 0.25) is 0 Å². The molecule has 0 aliphatic rings. The van der Waals surface area contributed by atoms with Gasteiger partial charge in [0.1, 0.15) is 6.33 Å². The zero-order valence-electron chi connectivity index (χ0n) is 10.3. The fraction of sp³-hybridized carbons (Fsp3) is 0.500. The molecule has 0 aliphatic carbocycles. The topological polar surface area (TPSA) is 81.4 Å². The van der Waals surface area contributed by atoms with Crippen molar-refractivity contribution < 1.29 is 0 Å². The molecule has 0 saturated carbocycles. The Morgan fingerprint density at radius 3 is 2.53 bits per heavy atom. The second-order valence-electron chi connectivity index (χ2n) is 3.97. The second kappa shape index (κ2) is 4.44. The first-order valence-corrected chi connectivity index (χ1v) is 5.36. The summed E-state index contributed by atoms with van der Waals surface area (Å²) in [7, 11) is 1.90. The molecule has 0 amide bonds. The minimum Gasteiger partial charge on any atom is -0.343 e. The summed E-state index contributed by atoms with van der Waals surface area (Å²) in [5.41, 5.74) is 1.70. The summed E-state index contributed by atoms with van der Waals surface area (Å²) >= 11 is 0. The summed E-state index contributed by atoms with van der Waals surface area (Å²) in [4.78, 5) is 4.31. The van der Waals surface area contributed by atoms with Crippen LogP contribution in [0.1, 0.15) is 30.2 Å². The summed E-state index contributed by atoms with van der Waals surface area (Å²) in [6.07, 6.45) is 1.66. The Morgan fingerprint density at radius 2 is 1.94 bits per heavy atom. The van der Waals surface area contributed by atoms with Crippen molar-refractivity contribution in [2.24, 2.45) is 7.05 Å². The molecule has 90 valence electrons. The van der Waals surface area contributed by atoms with Gasteiger partial charge in [0, 0.05) is 7.05 Å². The summed E-state index contributed by atoms with van der Waals surface area (Å²) in [6.45, 7) is 5.76. The van der Waals surface area contributed by atoms with Crippen LogP contribution in [0.5, 0.6) is 0 Å². The summed E-state index contributed by atoms with van der Waals surface area (Å²) < 4.78 is 1.85. The largest absolute Gasteiger partial charge is 0.343 e. The molecule has 2 aromatic heterocycles. The van der Waals surface area contributed by atoms with Gasteiger partial charge in [-0.3, -0.25) is 0 Å². The van der Waals surface area contributed by atoms with Crippen molar-refractivity contribution in [2.75, 3.05) is 5.32 Å². The van der Waals surface area contributed by atoms with E-state index in [0.29, 0.717) is 5.95 Å². The Hall–Kier alpha value is -2.05. The number of anilines is 1. The zero-order chi connectivity index (χ0) is 12.4. The van der Waals surface area contributed by atoms with Gasteiger partial charge in [-0.05, 0) is 20.8 Å². The number of nitrogens with zero attached hydrogens (tertiary/aromatic N) is 6. The lowest BCUT2D eigenvalue weighted by molar-refractivity contribution is 0.706. The first-order chi connectivity index (χ1) is 8.08. The van der Waals surface area contributed by atoms with Gasteiger partial charge in [0.15, 0.2) is 5.82 Å². The molecule has 1 atom stereocenters. The van der Waals surface area contributed by atoms with Gasteiger partial charge in [-0.1, -0.05) is 0 Å². The monoisotopic (exact) mass is 233 g/mol. The summed E-state index contributed by atoms with van der Waals surface area (Å²) in [5.74, 6) is 1.33. The van der Waals surface area contributed by atoms with E-state index in [2.05, 4.69) is 30.7 Å². The van der Waals surface area contributed by atoms with Crippen molar-refractivity contribution in [3.05, 3.63) is 23.5 Å². The average molecular weight is 233 g/mol. The Kier molecular flexibility index (Phi) is 2.99. The molecule has 2 rings (SSSR count). The highest BCUT2D eigenvalue weighted by Gasteiger charge is 2.12. The molecule has 0 aromatic carbocycles. The maximum absolute atomic E-state index is 4.31. The van der Waals surface area contributed by atoms with E-state index in [4.69, 9.17) is 0 Å². The number of aryl methyl sites for hydroxylation is 3. The van der Waals surface area contributed by atoms with E-state index in [0.717, 1.165) is 17.2 Å². The molecule has 0 radical (unpaired) electrons. The molecule has 2 heterocycles. The lowest BCUT2D eigenvalue weighted by Gasteiger charge is -2.12. The quantitative estimate of drug-likeness (QED) is 0.844. The van der Waals surface area contributed by atoms with Gasteiger partial charge in [0.05, 0.1) is 17.4 Å². The van der Waals surface area contributed by atoms with Gasteiger partial charge >= 0.3 is 0 Å². The van der Waals surface area contributed by atoms with Crippen molar-refractivity contribution in [1.82, 2.24) is 29.9 Å². The third-order valence-electron chi connectivity index (χ3n) is 2.57. The molecule has 1 N–H and O–H groups in total. The van der Waals surface area contributed by atoms with Gasteiger partial charge in [-0.2, -0.15) is 5.10 Å². The minimum absolute atomic E-state index is 0.0218. The van der Waals surface area contributed by atoms with Crippen molar-refractivity contribution in [3.8, 4) is 0 Å². The minimum atomic E-state index is -0.0218. The van der Waals surface area contributed by atoms with E-state index in [1.165, 1.54) is 0 Å². The van der Waals surface area contributed by atoms with Crippen LogP contribution >= 0.6 is 0 Å². The predicted octanol–water partition coefficient (Wildman–Crippen LogP) is 0.790. The smallest absolute Gasteiger partial charge is 0.243 e. The first-order valence-electron chi connectivity index (χ1n) is 5.36. The fourth-order valence-electron chi connectivity index (χ4n) is 1.46. The fourth-order valence-corrected chi connectivity index (χ4v) is 1.46. The molecule has 2 aromatic rings. The van der Waals surface area contributed by atoms with Gasteiger partial charge in [0.25, 0.3) is 0 Å². The SMILES string of the molecule is Cc1nnc(NC(C)c2nncn2C)nc1C. The highest BCUT2D eigenvalue weighted by atomic mass is 15.3. The van der Waals surface area contributed by atoms with Crippen molar-refractivity contribution in [3.63, 3.8) is 0 Å². The highest BCUT2D eigenvalue weighted by molar-refractivity contribution is 5.27. The third kappa shape index (κ3) is 2.38. The molecular weight excluding hydrogens is 218 g/mol. The Balaban J connectivity index is 2.16. The lowest BCUT2D eigenvalue weighted by atomic mass is 10.3. The van der Waals surface area contributed by atoms with Crippen LogP contribution in [-0.2, 0) is 7.05 Å². The van der Waals surface area contributed by atoms with Crippen molar-refractivity contribution >= 4 is 5.95 Å². The number of hydrogen-bond donors (Lipinski definition) is 1. The van der Waals surface area contributed by atoms with E-state index < -0.39 is 0 Å². The molecule has 0 spiro atoms. The van der Waals surface area contributed by atoms with E-state index in [9.17, 15) is 0 Å². The highest BCUT2D eigenvalue weighted by Crippen LogP contribution is 2.13.